The second kappa shape index (κ2) is 7.55. The fourth-order valence-corrected chi connectivity index (χ4v) is 3.38. The molecule has 0 unspecified atom stereocenters. The first kappa shape index (κ1) is 19.7. The molecule has 0 bridgehead atoms. The summed E-state index contributed by atoms with van der Waals surface area (Å²) in [6.45, 7) is 9.94. The summed E-state index contributed by atoms with van der Waals surface area (Å²) in [5.41, 5.74) is 5.92. The summed E-state index contributed by atoms with van der Waals surface area (Å²) >= 11 is 0. The molecule has 0 radical (unpaired) electrons. The Labute approximate surface area is 166 Å². The third-order valence-corrected chi connectivity index (χ3v) is 4.93. The van der Waals surface area contributed by atoms with E-state index >= 15 is 0 Å². The topological polar surface area (TPSA) is 42.7 Å². The van der Waals surface area contributed by atoms with E-state index in [9.17, 15) is 4.79 Å². The molecule has 1 aliphatic rings. The van der Waals surface area contributed by atoms with Crippen LogP contribution in [0, 0.1) is 6.92 Å². The molecule has 0 fully saturated rings. The highest BCUT2D eigenvalue weighted by Gasteiger charge is 2.15. The van der Waals surface area contributed by atoms with Crippen LogP contribution in [0.1, 0.15) is 38.8 Å². The van der Waals surface area contributed by atoms with E-state index < -0.39 is 0 Å². The molecule has 4 heteroatoms. The first-order chi connectivity index (χ1) is 13.2. The van der Waals surface area contributed by atoms with Crippen LogP contribution in [-0.2, 0) is 4.74 Å². The van der Waals surface area contributed by atoms with Gasteiger partial charge >= 0.3 is 5.63 Å². The van der Waals surface area contributed by atoms with E-state index in [-0.39, 0.29) is 5.63 Å². The van der Waals surface area contributed by atoms with Crippen molar-refractivity contribution in [3.8, 4) is 0 Å². The van der Waals surface area contributed by atoms with Crippen molar-refractivity contribution >= 4 is 22.2 Å². The quantitative estimate of drug-likeness (QED) is 0.641. The van der Waals surface area contributed by atoms with Gasteiger partial charge in [0.05, 0.1) is 5.56 Å². The first-order valence-electron chi connectivity index (χ1n) is 9.36. The molecule has 0 aliphatic carbocycles. The Hall–Kier alpha value is -3.01. The van der Waals surface area contributed by atoms with E-state index in [4.69, 9.17) is 9.15 Å². The molecule has 0 spiro atoms. The van der Waals surface area contributed by atoms with Crippen molar-refractivity contribution in [2.24, 2.45) is 0 Å². The second-order valence-corrected chi connectivity index (χ2v) is 7.65. The molecule has 146 valence electrons. The summed E-state index contributed by atoms with van der Waals surface area (Å²) in [6, 6.07) is 5.93. The average Bonchev–Trinajstić information content (AvgIpc) is 2.60. The zero-order chi connectivity index (χ0) is 20.6. The van der Waals surface area contributed by atoms with Gasteiger partial charge in [-0.25, -0.2) is 4.79 Å². The number of aryl methyl sites for hydroxylation is 1. The lowest BCUT2D eigenvalue weighted by Gasteiger charge is -2.16. The lowest BCUT2D eigenvalue weighted by Crippen LogP contribution is -2.11. The highest BCUT2D eigenvalue weighted by atomic mass is 16.5. The van der Waals surface area contributed by atoms with E-state index in [2.05, 4.69) is 13.8 Å². The maximum absolute atomic E-state index is 12.8. The molecular formula is C24H27NO3. The van der Waals surface area contributed by atoms with Crippen molar-refractivity contribution in [1.29, 1.82) is 0 Å². The highest BCUT2D eigenvalue weighted by Crippen LogP contribution is 2.29. The number of benzene rings is 1. The number of nitrogens with zero attached hydrogens (tertiary/aromatic N) is 1. The van der Waals surface area contributed by atoms with Gasteiger partial charge in [-0.05, 0) is 81.7 Å². The monoisotopic (exact) mass is 377 g/mol. The average molecular weight is 377 g/mol. The smallest absolute Gasteiger partial charge is 0.344 e. The van der Waals surface area contributed by atoms with Crippen LogP contribution in [0.15, 0.2) is 68.3 Å². The van der Waals surface area contributed by atoms with Crippen LogP contribution in [-0.4, -0.2) is 14.1 Å². The van der Waals surface area contributed by atoms with Crippen molar-refractivity contribution in [2.45, 2.75) is 34.6 Å². The molecule has 1 aromatic carbocycles. The summed E-state index contributed by atoms with van der Waals surface area (Å²) in [5, 5.41) is 0.938. The van der Waals surface area contributed by atoms with E-state index in [1.807, 2.05) is 76.2 Å². The normalized spacial score (nSPS) is 14.5. The molecular weight excluding hydrogens is 350 g/mol. The number of hydrogen-bond donors (Lipinski definition) is 0. The van der Waals surface area contributed by atoms with Gasteiger partial charge in [0.2, 0.25) is 0 Å². The lowest BCUT2D eigenvalue weighted by atomic mass is 9.99. The Bertz CT molecular complexity index is 1120. The predicted octanol–water partition coefficient (Wildman–Crippen LogP) is 5.73. The summed E-state index contributed by atoms with van der Waals surface area (Å²) < 4.78 is 11.5. The molecule has 1 aromatic heterocycles. The molecule has 28 heavy (non-hydrogen) atoms. The van der Waals surface area contributed by atoms with Crippen molar-refractivity contribution in [3.05, 3.63) is 80.6 Å². The Balaban J connectivity index is 2.11. The van der Waals surface area contributed by atoms with Crippen molar-refractivity contribution in [1.82, 2.24) is 0 Å². The lowest BCUT2D eigenvalue weighted by molar-refractivity contribution is 0.318. The van der Waals surface area contributed by atoms with Crippen LogP contribution in [0.5, 0.6) is 0 Å². The molecule has 1 aliphatic heterocycles. The van der Waals surface area contributed by atoms with E-state index in [0.29, 0.717) is 11.1 Å². The minimum absolute atomic E-state index is 0.333. The fourth-order valence-electron chi connectivity index (χ4n) is 3.38. The van der Waals surface area contributed by atoms with Crippen LogP contribution in [0.2, 0.25) is 0 Å². The molecule has 2 heterocycles. The largest absolute Gasteiger partial charge is 0.462 e. The zero-order valence-electron chi connectivity index (χ0n) is 17.6. The fraction of sp³-hybridized carbons (Fsp3) is 0.292. The number of allylic oxidation sites excluding steroid dienone is 7. The van der Waals surface area contributed by atoms with Crippen molar-refractivity contribution in [2.75, 3.05) is 19.0 Å². The Morgan fingerprint density at radius 3 is 2.43 bits per heavy atom. The molecule has 0 amide bonds. The first-order valence-corrected chi connectivity index (χ1v) is 9.36. The van der Waals surface area contributed by atoms with Gasteiger partial charge in [0, 0.05) is 31.2 Å². The molecule has 2 aromatic rings. The Morgan fingerprint density at radius 2 is 1.79 bits per heavy atom. The third-order valence-electron chi connectivity index (χ3n) is 4.93. The number of fused-ring (bicyclic) bond motifs is 1. The van der Waals surface area contributed by atoms with Crippen molar-refractivity contribution < 1.29 is 9.15 Å². The minimum Gasteiger partial charge on any atom is -0.462 e. The number of ether oxygens (including phenoxy) is 1. The summed E-state index contributed by atoms with van der Waals surface area (Å²) in [4.78, 5) is 14.7. The third kappa shape index (κ3) is 3.81. The second-order valence-electron chi connectivity index (χ2n) is 7.65. The van der Waals surface area contributed by atoms with Gasteiger partial charge in [0.1, 0.15) is 17.1 Å². The number of hydrogen-bond acceptors (Lipinski definition) is 4. The maximum atomic E-state index is 12.8. The van der Waals surface area contributed by atoms with Gasteiger partial charge in [-0.15, -0.1) is 0 Å². The zero-order valence-corrected chi connectivity index (χ0v) is 17.6. The van der Waals surface area contributed by atoms with Gasteiger partial charge in [0.15, 0.2) is 0 Å². The summed E-state index contributed by atoms with van der Waals surface area (Å²) in [5.74, 6) is 1.55. The SMILES string of the molecule is CC1=CC(=C(C)C)C=C(/C=C(\C)c2c(C)c3ccc(N(C)C)cc3oc2=O)O1. The van der Waals surface area contributed by atoms with Crippen LogP contribution < -0.4 is 10.5 Å². The predicted molar refractivity (Wildman–Crippen MR) is 116 cm³/mol. The molecule has 0 N–H and O–H groups in total. The maximum Gasteiger partial charge on any atom is 0.344 e. The Kier molecular flexibility index (Phi) is 5.32. The van der Waals surface area contributed by atoms with E-state index in [1.165, 1.54) is 5.57 Å². The van der Waals surface area contributed by atoms with E-state index in [0.717, 1.165) is 39.3 Å². The van der Waals surface area contributed by atoms with Gasteiger partial charge in [-0.3, -0.25) is 0 Å². The van der Waals surface area contributed by atoms with E-state index in [1.54, 1.807) is 0 Å². The molecule has 4 nitrogen and oxygen atoms in total. The van der Waals surface area contributed by atoms with Crippen LogP contribution in [0.3, 0.4) is 0 Å². The molecule has 0 saturated carbocycles. The highest BCUT2D eigenvalue weighted by molar-refractivity contribution is 5.87. The van der Waals surface area contributed by atoms with Crippen LogP contribution in [0.25, 0.3) is 16.5 Å². The summed E-state index contributed by atoms with van der Waals surface area (Å²) in [7, 11) is 3.92. The summed E-state index contributed by atoms with van der Waals surface area (Å²) in [6.07, 6.45) is 5.91. The number of rotatable bonds is 3. The molecule has 0 atom stereocenters. The van der Waals surface area contributed by atoms with Crippen molar-refractivity contribution in [3.63, 3.8) is 0 Å². The van der Waals surface area contributed by atoms with Gasteiger partial charge in [0.25, 0.3) is 0 Å². The van der Waals surface area contributed by atoms with Crippen LogP contribution in [0.4, 0.5) is 5.69 Å². The Morgan fingerprint density at radius 1 is 1.07 bits per heavy atom. The van der Waals surface area contributed by atoms with Gasteiger partial charge in [-0.1, -0.05) is 5.57 Å². The minimum atomic E-state index is -0.333. The van der Waals surface area contributed by atoms with Gasteiger partial charge < -0.3 is 14.1 Å². The standard InChI is InChI=1S/C24H27NO3/c1-14(2)18-11-16(4)27-20(12-18)10-15(3)23-17(5)21-9-8-19(25(6)7)13-22(21)28-24(23)26/h8-13H,1-7H3/b15-10+. The number of anilines is 1. The molecule has 3 rings (SSSR count). The van der Waals surface area contributed by atoms with Crippen LogP contribution >= 0.6 is 0 Å². The van der Waals surface area contributed by atoms with Gasteiger partial charge in [-0.2, -0.15) is 0 Å². The molecule has 0 saturated heterocycles.